The highest BCUT2D eigenvalue weighted by Gasteiger charge is 2.42. The van der Waals surface area contributed by atoms with Crippen LogP contribution in [0.1, 0.15) is 31.2 Å². The van der Waals surface area contributed by atoms with Crippen molar-refractivity contribution in [2.45, 2.75) is 37.1 Å². The van der Waals surface area contributed by atoms with Crippen LogP contribution in [0.15, 0.2) is 18.3 Å². The van der Waals surface area contributed by atoms with E-state index in [-0.39, 0.29) is 25.7 Å². The van der Waals surface area contributed by atoms with Crippen molar-refractivity contribution >= 4 is 11.6 Å². The fourth-order valence-electron chi connectivity index (χ4n) is 2.06. The topological polar surface area (TPSA) is 38.9 Å². The standard InChI is InChI=1S/C11H13ClF2N2/c12-9-7-8(1-6-16-9)10(15)2-4-11(13,14)5-3-10/h1,6-7H,2-5,15H2. The maximum Gasteiger partial charge on any atom is 0.248 e. The second-order valence-electron chi connectivity index (χ2n) is 4.38. The number of halogens is 3. The van der Waals surface area contributed by atoms with Gasteiger partial charge in [0.1, 0.15) is 5.15 Å². The summed E-state index contributed by atoms with van der Waals surface area (Å²) in [6.45, 7) is 0. The van der Waals surface area contributed by atoms with E-state index in [4.69, 9.17) is 17.3 Å². The van der Waals surface area contributed by atoms with Gasteiger partial charge in [0.05, 0.1) is 0 Å². The normalized spacial score (nSPS) is 23.0. The van der Waals surface area contributed by atoms with Gasteiger partial charge in [0.2, 0.25) is 5.92 Å². The number of rotatable bonds is 1. The Morgan fingerprint density at radius 2 is 1.88 bits per heavy atom. The van der Waals surface area contributed by atoms with Crippen molar-refractivity contribution in [2.24, 2.45) is 5.73 Å². The second kappa shape index (κ2) is 3.93. The molecule has 1 saturated carbocycles. The first-order chi connectivity index (χ1) is 7.41. The summed E-state index contributed by atoms with van der Waals surface area (Å²) in [5, 5.41) is 0.347. The Balaban J connectivity index is 2.21. The Kier molecular flexibility index (Phi) is 2.88. The number of pyridine rings is 1. The Morgan fingerprint density at radius 1 is 1.25 bits per heavy atom. The van der Waals surface area contributed by atoms with E-state index in [2.05, 4.69) is 4.98 Å². The molecule has 1 fully saturated rings. The van der Waals surface area contributed by atoms with Gasteiger partial charge in [-0.25, -0.2) is 13.8 Å². The quantitative estimate of drug-likeness (QED) is 0.774. The summed E-state index contributed by atoms with van der Waals surface area (Å²) >= 11 is 5.77. The predicted octanol–water partition coefficient (Wildman–Crippen LogP) is 3.10. The molecule has 2 N–H and O–H groups in total. The van der Waals surface area contributed by atoms with E-state index in [1.807, 2.05) is 0 Å². The zero-order valence-electron chi connectivity index (χ0n) is 8.72. The van der Waals surface area contributed by atoms with Gasteiger partial charge in [-0.1, -0.05) is 11.6 Å². The highest BCUT2D eigenvalue weighted by atomic mass is 35.5. The molecule has 1 aliphatic carbocycles. The molecular formula is C11H13ClF2N2. The van der Waals surface area contributed by atoms with Crippen LogP contribution in [0.2, 0.25) is 5.15 Å². The molecule has 0 aliphatic heterocycles. The summed E-state index contributed by atoms with van der Waals surface area (Å²) in [6.07, 6.45) is 1.78. The van der Waals surface area contributed by atoms with Gasteiger partial charge in [-0.2, -0.15) is 0 Å². The molecule has 2 nitrogen and oxygen atoms in total. The van der Waals surface area contributed by atoms with Crippen LogP contribution in [0.5, 0.6) is 0 Å². The van der Waals surface area contributed by atoms with Gasteiger partial charge in [0.15, 0.2) is 0 Å². The molecule has 5 heteroatoms. The van der Waals surface area contributed by atoms with Crippen LogP contribution in [0.25, 0.3) is 0 Å². The van der Waals surface area contributed by atoms with E-state index in [0.717, 1.165) is 5.56 Å². The van der Waals surface area contributed by atoms with E-state index < -0.39 is 11.5 Å². The molecule has 0 spiro atoms. The predicted molar refractivity (Wildman–Crippen MR) is 58.5 cm³/mol. The minimum Gasteiger partial charge on any atom is -0.321 e. The molecule has 1 aromatic rings. The first-order valence-electron chi connectivity index (χ1n) is 5.20. The molecule has 1 aliphatic rings. The number of alkyl halides is 2. The van der Waals surface area contributed by atoms with Crippen LogP contribution in [-0.2, 0) is 5.54 Å². The third-order valence-electron chi connectivity index (χ3n) is 3.18. The molecular weight excluding hydrogens is 234 g/mol. The maximum absolute atomic E-state index is 13.0. The van der Waals surface area contributed by atoms with Crippen molar-refractivity contribution in [3.8, 4) is 0 Å². The van der Waals surface area contributed by atoms with Crippen LogP contribution < -0.4 is 5.73 Å². The summed E-state index contributed by atoms with van der Waals surface area (Å²) < 4.78 is 26.1. The fraction of sp³-hybridized carbons (Fsp3) is 0.545. The van der Waals surface area contributed by atoms with Gasteiger partial charge in [-0.3, -0.25) is 0 Å². The van der Waals surface area contributed by atoms with Crippen LogP contribution in [0, 0.1) is 0 Å². The lowest BCUT2D eigenvalue weighted by atomic mass is 9.76. The highest BCUT2D eigenvalue weighted by Crippen LogP contribution is 2.42. The molecule has 16 heavy (non-hydrogen) atoms. The number of hydrogen-bond acceptors (Lipinski definition) is 2. The molecule has 1 aromatic heterocycles. The van der Waals surface area contributed by atoms with Crippen molar-refractivity contribution in [1.29, 1.82) is 0 Å². The molecule has 1 heterocycles. The average Bonchev–Trinajstić information content (AvgIpc) is 2.23. The monoisotopic (exact) mass is 246 g/mol. The lowest BCUT2D eigenvalue weighted by Gasteiger charge is -2.37. The second-order valence-corrected chi connectivity index (χ2v) is 4.77. The minimum atomic E-state index is -2.57. The molecule has 0 atom stereocenters. The van der Waals surface area contributed by atoms with Gasteiger partial charge < -0.3 is 5.73 Å². The first kappa shape index (κ1) is 11.7. The molecule has 0 unspecified atom stereocenters. The van der Waals surface area contributed by atoms with Gasteiger partial charge in [-0.15, -0.1) is 0 Å². The van der Waals surface area contributed by atoms with Crippen molar-refractivity contribution in [2.75, 3.05) is 0 Å². The van der Waals surface area contributed by atoms with Gasteiger partial charge >= 0.3 is 0 Å². The number of nitrogens with zero attached hydrogens (tertiary/aromatic N) is 1. The molecule has 0 radical (unpaired) electrons. The Labute approximate surface area is 97.8 Å². The summed E-state index contributed by atoms with van der Waals surface area (Å²) in [4.78, 5) is 3.86. The van der Waals surface area contributed by atoms with Crippen molar-refractivity contribution in [3.05, 3.63) is 29.0 Å². The van der Waals surface area contributed by atoms with Crippen molar-refractivity contribution < 1.29 is 8.78 Å². The summed E-state index contributed by atoms with van der Waals surface area (Å²) in [6, 6.07) is 3.40. The molecule has 0 bridgehead atoms. The molecule has 0 aromatic carbocycles. The van der Waals surface area contributed by atoms with E-state index in [9.17, 15) is 8.78 Å². The molecule has 0 saturated heterocycles. The SMILES string of the molecule is NC1(c2ccnc(Cl)c2)CCC(F)(F)CC1. The van der Waals surface area contributed by atoms with Crippen molar-refractivity contribution in [1.82, 2.24) is 4.98 Å². The van der Waals surface area contributed by atoms with Crippen molar-refractivity contribution in [3.63, 3.8) is 0 Å². The van der Waals surface area contributed by atoms with E-state index in [1.54, 1.807) is 18.3 Å². The molecule has 88 valence electrons. The fourth-order valence-corrected chi connectivity index (χ4v) is 2.24. The van der Waals surface area contributed by atoms with Crippen LogP contribution >= 0.6 is 11.6 Å². The third-order valence-corrected chi connectivity index (χ3v) is 3.38. The van der Waals surface area contributed by atoms with Gasteiger partial charge in [-0.05, 0) is 30.5 Å². The van der Waals surface area contributed by atoms with E-state index in [0.29, 0.717) is 5.15 Å². The lowest BCUT2D eigenvalue weighted by Crippen LogP contribution is -2.43. The number of aromatic nitrogens is 1. The highest BCUT2D eigenvalue weighted by molar-refractivity contribution is 6.29. The summed E-state index contributed by atoms with van der Waals surface area (Å²) in [5.41, 5.74) is 6.26. The lowest BCUT2D eigenvalue weighted by molar-refractivity contribution is -0.0514. The molecule has 2 rings (SSSR count). The third kappa shape index (κ3) is 2.33. The minimum absolute atomic E-state index is 0.163. The zero-order chi connectivity index (χ0) is 11.8. The number of hydrogen-bond donors (Lipinski definition) is 1. The number of nitrogens with two attached hydrogens (primary N) is 1. The average molecular weight is 247 g/mol. The summed E-state index contributed by atoms with van der Waals surface area (Å²) in [5.74, 6) is -2.57. The smallest absolute Gasteiger partial charge is 0.248 e. The summed E-state index contributed by atoms with van der Waals surface area (Å²) in [7, 11) is 0. The van der Waals surface area contributed by atoms with E-state index >= 15 is 0 Å². The largest absolute Gasteiger partial charge is 0.321 e. The van der Waals surface area contributed by atoms with Gasteiger partial charge in [0, 0.05) is 24.6 Å². The Hall–Kier alpha value is -0.740. The maximum atomic E-state index is 13.0. The first-order valence-corrected chi connectivity index (χ1v) is 5.58. The molecule has 0 amide bonds. The van der Waals surface area contributed by atoms with Crippen LogP contribution in [0.3, 0.4) is 0 Å². The van der Waals surface area contributed by atoms with Crippen LogP contribution in [0.4, 0.5) is 8.78 Å². The zero-order valence-corrected chi connectivity index (χ0v) is 9.47. The Morgan fingerprint density at radius 3 is 2.44 bits per heavy atom. The van der Waals surface area contributed by atoms with Gasteiger partial charge in [0.25, 0.3) is 0 Å². The Bertz CT molecular complexity index is 385. The van der Waals surface area contributed by atoms with Crippen LogP contribution in [-0.4, -0.2) is 10.9 Å². The van der Waals surface area contributed by atoms with E-state index in [1.165, 1.54) is 0 Å².